The Labute approximate surface area is 253 Å². The number of benzene rings is 2. The summed E-state index contributed by atoms with van der Waals surface area (Å²) in [5.74, 6) is -0.376. The normalized spacial score (nSPS) is 14.8. The number of hydrogen-bond donors (Lipinski definition) is 0. The summed E-state index contributed by atoms with van der Waals surface area (Å²) in [4.78, 5) is 44.8. The lowest BCUT2D eigenvalue weighted by atomic mass is 9.95. The zero-order chi connectivity index (χ0) is 31.0. The van der Waals surface area contributed by atoms with Crippen molar-refractivity contribution >= 4 is 29.4 Å². The highest BCUT2D eigenvalue weighted by atomic mass is 32.1. The van der Waals surface area contributed by atoms with Gasteiger partial charge >= 0.3 is 11.9 Å². The molecule has 0 spiro atoms. The minimum atomic E-state index is -0.773. The van der Waals surface area contributed by atoms with Crippen LogP contribution in [0.4, 0.5) is 0 Å². The average molecular weight is 600 g/mol. The fourth-order valence-corrected chi connectivity index (χ4v) is 6.66. The van der Waals surface area contributed by atoms with Crippen LogP contribution >= 0.6 is 11.3 Å². The molecule has 0 amide bonds. The standard InChI is InChI=1S/C33H33N3O6S/c1-8-42-32(39)28-20(4)34-33-36(29(28)24-12-9-10-15-26(24)40-6)30(37)27(43-33)17-22-16-18(2)35(21(22)5)25-14-11-13-23(19(25)3)31(38)41-7/h9-17,29H,8H2,1-7H3/b27-17+/t29-/m1/s1. The molecule has 0 bridgehead atoms. The number of carbonyl (C=O) groups is 2. The number of rotatable bonds is 7. The summed E-state index contributed by atoms with van der Waals surface area (Å²) in [6.45, 7) is 9.53. The molecule has 9 nitrogen and oxygen atoms in total. The minimum absolute atomic E-state index is 0.191. The second-order valence-electron chi connectivity index (χ2n) is 10.1. The smallest absolute Gasteiger partial charge is 0.338 e. The molecular formula is C33H33N3O6S. The third-order valence-corrected chi connectivity index (χ3v) is 8.64. The Balaban J connectivity index is 1.70. The Hall–Kier alpha value is -4.70. The summed E-state index contributed by atoms with van der Waals surface area (Å²) in [5, 5.41) is 0. The van der Waals surface area contributed by atoms with E-state index in [0.29, 0.717) is 37.5 Å². The molecule has 222 valence electrons. The van der Waals surface area contributed by atoms with Gasteiger partial charge in [-0.05, 0) is 76.1 Å². The van der Waals surface area contributed by atoms with Crippen LogP contribution in [0.25, 0.3) is 11.8 Å². The molecule has 5 rings (SSSR count). The number of allylic oxidation sites excluding steroid dienone is 1. The van der Waals surface area contributed by atoms with Crippen molar-refractivity contribution in [3.63, 3.8) is 0 Å². The maximum Gasteiger partial charge on any atom is 0.338 e. The van der Waals surface area contributed by atoms with Crippen LogP contribution in [-0.2, 0) is 14.3 Å². The first kappa shape index (κ1) is 29.8. The fraction of sp³-hybridized carbons (Fsp3) is 0.273. The summed E-state index contributed by atoms with van der Waals surface area (Å²) in [5.41, 5.74) is 5.99. The number of aromatic nitrogens is 2. The van der Waals surface area contributed by atoms with Gasteiger partial charge in [-0.2, -0.15) is 0 Å². The maximum absolute atomic E-state index is 14.1. The molecule has 0 radical (unpaired) electrons. The number of thiazole rings is 1. The molecule has 43 heavy (non-hydrogen) atoms. The predicted molar refractivity (Wildman–Crippen MR) is 165 cm³/mol. The highest BCUT2D eigenvalue weighted by Crippen LogP contribution is 2.35. The van der Waals surface area contributed by atoms with Crippen LogP contribution in [0.15, 0.2) is 69.6 Å². The van der Waals surface area contributed by atoms with Gasteiger partial charge in [-0.1, -0.05) is 35.6 Å². The number of carbonyl (C=O) groups excluding carboxylic acids is 2. The number of methoxy groups -OCH3 is 2. The van der Waals surface area contributed by atoms with E-state index >= 15 is 0 Å². The monoisotopic (exact) mass is 599 g/mol. The molecule has 0 N–H and O–H groups in total. The topological polar surface area (TPSA) is 101 Å². The van der Waals surface area contributed by atoms with Gasteiger partial charge in [0.05, 0.1) is 42.2 Å². The zero-order valence-corrected chi connectivity index (χ0v) is 26.0. The highest BCUT2D eigenvalue weighted by Gasteiger charge is 2.35. The first-order valence-corrected chi connectivity index (χ1v) is 14.6. The first-order chi connectivity index (χ1) is 20.6. The lowest BCUT2D eigenvalue weighted by molar-refractivity contribution is -0.139. The molecule has 3 heterocycles. The molecule has 0 unspecified atom stereocenters. The van der Waals surface area contributed by atoms with Crippen LogP contribution < -0.4 is 19.6 Å². The quantitative estimate of drug-likeness (QED) is 0.294. The Morgan fingerprint density at radius 3 is 2.47 bits per heavy atom. The van der Waals surface area contributed by atoms with Crippen molar-refractivity contribution in [1.29, 1.82) is 0 Å². The number of para-hydroxylation sites is 1. The van der Waals surface area contributed by atoms with Crippen molar-refractivity contribution in [2.24, 2.45) is 4.99 Å². The van der Waals surface area contributed by atoms with E-state index in [2.05, 4.69) is 9.56 Å². The van der Waals surface area contributed by atoms with Crippen LogP contribution in [0.5, 0.6) is 5.75 Å². The van der Waals surface area contributed by atoms with Crippen molar-refractivity contribution in [1.82, 2.24) is 9.13 Å². The van der Waals surface area contributed by atoms with E-state index in [-0.39, 0.29) is 12.2 Å². The lowest BCUT2D eigenvalue weighted by Gasteiger charge is -2.25. The summed E-state index contributed by atoms with van der Waals surface area (Å²) in [6.07, 6.45) is 1.85. The predicted octanol–water partition coefficient (Wildman–Crippen LogP) is 4.31. The zero-order valence-electron chi connectivity index (χ0n) is 25.2. The number of nitrogens with zero attached hydrogens (tertiary/aromatic N) is 3. The Bertz CT molecular complexity index is 1980. The molecule has 4 aromatic rings. The van der Waals surface area contributed by atoms with Gasteiger partial charge in [-0.25, -0.2) is 14.6 Å². The maximum atomic E-state index is 14.1. The Kier molecular flexibility index (Phi) is 8.23. The van der Waals surface area contributed by atoms with Crippen molar-refractivity contribution in [2.75, 3.05) is 20.8 Å². The van der Waals surface area contributed by atoms with Gasteiger partial charge in [-0.15, -0.1) is 0 Å². The number of esters is 2. The third kappa shape index (κ3) is 5.12. The van der Waals surface area contributed by atoms with E-state index in [1.54, 1.807) is 37.7 Å². The molecule has 0 saturated heterocycles. The Morgan fingerprint density at radius 2 is 1.77 bits per heavy atom. The highest BCUT2D eigenvalue weighted by molar-refractivity contribution is 7.07. The van der Waals surface area contributed by atoms with Gasteiger partial charge in [0.15, 0.2) is 4.80 Å². The summed E-state index contributed by atoms with van der Waals surface area (Å²) < 4.78 is 20.1. The first-order valence-electron chi connectivity index (χ1n) is 13.8. The SMILES string of the molecule is CCOC(=O)C1=C(C)N=c2s/c(=C/c3cc(C)n(-c4cccc(C(=O)OC)c4C)c3C)c(=O)n2[C@@H]1c1ccccc1OC. The Morgan fingerprint density at radius 1 is 1.02 bits per heavy atom. The van der Waals surface area contributed by atoms with Crippen LogP contribution in [-0.4, -0.2) is 41.9 Å². The molecule has 0 saturated carbocycles. The van der Waals surface area contributed by atoms with Crippen molar-refractivity contribution in [3.05, 3.63) is 113 Å². The summed E-state index contributed by atoms with van der Waals surface area (Å²) in [7, 11) is 2.92. The van der Waals surface area contributed by atoms with Crippen LogP contribution in [0.1, 0.15) is 58.3 Å². The molecular weight excluding hydrogens is 566 g/mol. The van der Waals surface area contributed by atoms with Crippen molar-refractivity contribution in [3.8, 4) is 11.4 Å². The van der Waals surface area contributed by atoms with E-state index in [9.17, 15) is 14.4 Å². The molecule has 2 aromatic carbocycles. The number of aryl methyl sites for hydroxylation is 1. The number of fused-ring (bicyclic) bond motifs is 1. The van der Waals surface area contributed by atoms with Crippen LogP contribution in [0, 0.1) is 20.8 Å². The lowest BCUT2D eigenvalue weighted by Crippen LogP contribution is -2.40. The largest absolute Gasteiger partial charge is 0.496 e. The van der Waals surface area contributed by atoms with E-state index in [1.807, 2.05) is 63.2 Å². The number of hydrogen-bond acceptors (Lipinski definition) is 8. The van der Waals surface area contributed by atoms with Gasteiger partial charge in [0, 0.05) is 22.6 Å². The molecule has 1 aliphatic heterocycles. The molecule has 1 atom stereocenters. The van der Waals surface area contributed by atoms with Gasteiger partial charge in [0.2, 0.25) is 0 Å². The minimum Gasteiger partial charge on any atom is -0.496 e. The van der Waals surface area contributed by atoms with Gasteiger partial charge in [0.25, 0.3) is 5.56 Å². The second-order valence-corrected chi connectivity index (χ2v) is 11.2. The van der Waals surface area contributed by atoms with E-state index in [0.717, 1.165) is 28.2 Å². The van der Waals surface area contributed by atoms with Gasteiger partial charge < -0.3 is 18.8 Å². The fourth-order valence-electron chi connectivity index (χ4n) is 5.62. The van der Waals surface area contributed by atoms with Gasteiger partial charge in [0.1, 0.15) is 11.8 Å². The average Bonchev–Trinajstić information content (AvgIpc) is 3.45. The third-order valence-electron chi connectivity index (χ3n) is 7.66. The second kappa shape index (κ2) is 11.9. The van der Waals surface area contributed by atoms with Crippen molar-refractivity contribution < 1.29 is 23.8 Å². The summed E-state index contributed by atoms with van der Waals surface area (Å²) >= 11 is 1.26. The summed E-state index contributed by atoms with van der Waals surface area (Å²) in [6, 6.07) is 14.1. The van der Waals surface area contributed by atoms with Gasteiger partial charge in [-0.3, -0.25) is 9.36 Å². The van der Waals surface area contributed by atoms with E-state index < -0.39 is 18.0 Å². The molecule has 0 aliphatic carbocycles. The van der Waals surface area contributed by atoms with E-state index in [4.69, 9.17) is 14.2 Å². The molecule has 1 aliphatic rings. The van der Waals surface area contributed by atoms with Crippen LogP contribution in [0.2, 0.25) is 0 Å². The van der Waals surface area contributed by atoms with E-state index in [1.165, 1.54) is 18.4 Å². The molecule has 2 aromatic heterocycles. The number of ether oxygens (including phenoxy) is 3. The molecule has 0 fully saturated rings. The van der Waals surface area contributed by atoms with Crippen LogP contribution in [0.3, 0.4) is 0 Å². The van der Waals surface area contributed by atoms with Crippen molar-refractivity contribution in [2.45, 2.75) is 40.7 Å². The molecule has 10 heteroatoms.